The molecule has 0 heterocycles. The lowest BCUT2D eigenvalue weighted by atomic mass is 10.0. The third-order valence-electron chi connectivity index (χ3n) is 2.51. The van der Waals surface area contributed by atoms with Gasteiger partial charge in [0.2, 0.25) is 0 Å². The second-order valence-electron chi connectivity index (χ2n) is 3.89. The number of nitrogens with two attached hydrogens (primary N) is 1. The van der Waals surface area contributed by atoms with Crippen LogP contribution in [0.4, 0.5) is 0 Å². The fraction of sp³-hybridized carbons (Fsp3) is 0.900. The van der Waals surface area contributed by atoms with Crippen LogP contribution >= 0.6 is 0 Å². The van der Waals surface area contributed by atoms with Gasteiger partial charge in [-0.25, -0.2) is 0 Å². The van der Waals surface area contributed by atoms with Gasteiger partial charge in [0.1, 0.15) is 5.84 Å². The third-order valence-corrected chi connectivity index (χ3v) is 2.51. The molecular weight excluding hydrogens is 194 g/mol. The van der Waals surface area contributed by atoms with Gasteiger partial charge in [-0.1, -0.05) is 18.5 Å². The predicted molar refractivity (Wildman–Crippen MR) is 61.0 cm³/mol. The Bertz CT molecular complexity index is 186. The molecule has 0 spiro atoms. The number of amidine groups is 1. The largest absolute Gasteiger partial charge is 0.409 e. The smallest absolute Gasteiger partial charge is 0.140 e. The number of rotatable bonds is 8. The molecule has 0 rings (SSSR count). The minimum absolute atomic E-state index is 0.189. The van der Waals surface area contributed by atoms with Crippen molar-refractivity contribution >= 4 is 5.84 Å². The van der Waals surface area contributed by atoms with E-state index in [1.54, 1.807) is 0 Å². The molecule has 5 N–H and O–H groups in total. The number of nitrogens with one attached hydrogen (secondary N) is 1. The first-order valence-corrected chi connectivity index (χ1v) is 5.44. The van der Waals surface area contributed by atoms with Crippen LogP contribution in [0.1, 0.15) is 33.1 Å². The van der Waals surface area contributed by atoms with E-state index in [-0.39, 0.29) is 18.5 Å². The minimum atomic E-state index is 0.189. The van der Waals surface area contributed by atoms with Crippen molar-refractivity contribution in [1.82, 2.24) is 5.32 Å². The van der Waals surface area contributed by atoms with E-state index in [9.17, 15) is 0 Å². The minimum Gasteiger partial charge on any atom is -0.409 e. The van der Waals surface area contributed by atoms with Gasteiger partial charge in [0, 0.05) is 19.1 Å². The first-order chi connectivity index (χ1) is 7.13. The van der Waals surface area contributed by atoms with Crippen LogP contribution in [0.2, 0.25) is 0 Å². The van der Waals surface area contributed by atoms with Gasteiger partial charge in [-0.05, 0) is 25.8 Å². The quantitative estimate of drug-likeness (QED) is 0.206. The zero-order chi connectivity index (χ0) is 11.7. The van der Waals surface area contributed by atoms with Crippen LogP contribution in [0.15, 0.2) is 5.16 Å². The number of hydrogen-bond donors (Lipinski definition) is 4. The first kappa shape index (κ1) is 14.2. The Balaban J connectivity index is 3.72. The summed E-state index contributed by atoms with van der Waals surface area (Å²) in [5.41, 5.74) is 5.39. The highest BCUT2D eigenvalue weighted by atomic mass is 16.4. The van der Waals surface area contributed by atoms with Gasteiger partial charge >= 0.3 is 0 Å². The number of aliphatic hydroxyl groups excluding tert-OH is 1. The fourth-order valence-corrected chi connectivity index (χ4v) is 1.43. The lowest BCUT2D eigenvalue weighted by Gasteiger charge is -2.18. The Morgan fingerprint density at radius 3 is 2.67 bits per heavy atom. The summed E-state index contributed by atoms with van der Waals surface area (Å²) in [4.78, 5) is 0. The SMILES string of the molecule is CCC(CCO)CNC(C)CC(N)=NO. The molecular formula is C10H23N3O2. The van der Waals surface area contributed by atoms with Crippen LogP contribution in [0.3, 0.4) is 0 Å². The maximum atomic E-state index is 8.82. The van der Waals surface area contributed by atoms with Crippen molar-refractivity contribution in [2.75, 3.05) is 13.2 Å². The molecule has 0 saturated carbocycles. The molecule has 15 heavy (non-hydrogen) atoms. The Morgan fingerprint density at radius 2 is 2.20 bits per heavy atom. The molecule has 0 aliphatic heterocycles. The van der Waals surface area contributed by atoms with E-state index in [2.05, 4.69) is 17.4 Å². The molecule has 0 amide bonds. The van der Waals surface area contributed by atoms with Gasteiger partial charge in [-0.3, -0.25) is 0 Å². The summed E-state index contributed by atoms with van der Waals surface area (Å²) in [6, 6.07) is 0.189. The number of aliphatic hydroxyl groups is 1. The third kappa shape index (κ3) is 7.16. The Kier molecular flexibility index (Phi) is 8.04. The van der Waals surface area contributed by atoms with Crippen LogP contribution in [0.25, 0.3) is 0 Å². The Labute approximate surface area is 91.4 Å². The average molecular weight is 217 g/mol. The van der Waals surface area contributed by atoms with Gasteiger partial charge < -0.3 is 21.4 Å². The molecule has 5 nitrogen and oxygen atoms in total. The van der Waals surface area contributed by atoms with Gasteiger partial charge in [0.15, 0.2) is 0 Å². The average Bonchev–Trinajstić information content (AvgIpc) is 2.23. The van der Waals surface area contributed by atoms with Crippen molar-refractivity contribution in [3.63, 3.8) is 0 Å². The van der Waals surface area contributed by atoms with Crippen molar-refractivity contribution < 1.29 is 10.3 Å². The van der Waals surface area contributed by atoms with E-state index in [1.807, 2.05) is 6.92 Å². The van der Waals surface area contributed by atoms with E-state index in [4.69, 9.17) is 16.0 Å². The van der Waals surface area contributed by atoms with E-state index in [1.165, 1.54) is 0 Å². The summed E-state index contributed by atoms with van der Waals surface area (Å²) >= 11 is 0. The summed E-state index contributed by atoms with van der Waals surface area (Å²) < 4.78 is 0. The first-order valence-electron chi connectivity index (χ1n) is 5.44. The molecule has 0 aromatic heterocycles. The van der Waals surface area contributed by atoms with Crippen molar-refractivity contribution in [1.29, 1.82) is 0 Å². The Hall–Kier alpha value is -0.810. The molecule has 90 valence electrons. The molecule has 0 bridgehead atoms. The number of oxime groups is 1. The van der Waals surface area contributed by atoms with Crippen molar-refractivity contribution in [3.05, 3.63) is 0 Å². The maximum Gasteiger partial charge on any atom is 0.140 e. The summed E-state index contributed by atoms with van der Waals surface area (Å²) in [5, 5.41) is 23.4. The fourth-order valence-electron chi connectivity index (χ4n) is 1.43. The lowest BCUT2D eigenvalue weighted by molar-refractivity contribution is 0.249. The molecule has 2 unspecified atom stereocenters. The molecule has 0 aromatic rings. The van der Waals surface area contributed by atoms with Gasteiger partial charge in [-0.2, -0.15) is 0 Å². The van der Waals surface area contributed by atoms with Crippen molar-refractivity contribution in [3.8, 4) is 0 Å². The van der Waals surface area contributed by atoms with Crippen LogP contribution in [0, 0.1) is 5.92 Å². The normalized spacial score (nSPS) is 16.3. The van der Waals surface area contributed by atoms with Crippen molar-refractivity contribution in [2.24, 2.45) is 16.8 Å². The molecule has 0 aliphatic rings. The number of hydrogen-bond acceptors (Lipinski definition) is 4. The molecule has 0 radical (unpaired) electrons. The van der Waals surface area contributed by atoms with E-state index >= 15 is 0 Å². The predicted octanol–water partition coefficient (Wildman–Crippen LogP) is 0.510. The monoisotopic (exact) mass is 217 g/mol. The van der Waals surface area contributed by atoms with Crippen molar-refractivity contribution in [2.45, 2.75) is 39.2 Å². The van der Waals surface area contributed by atoms with E-state index < -0.39 is 0 Å². The standard InChI is InChI=1S/C10H23N3O2/c1-3-9(4-5-14)7-12-8(2)6-10(11)13-15/h8-9,12,14-15H,3-7H2,1-2H3,(H2,11,13). The van der Waals surface area contributed by atoms with Crippen LogP contribution in [0.5, 0.6) is 0 Å². The zero-order valence-corrected chi connectivity index (χ0v) is 9.61. The highest BCUT2D eigenvalue weighted by Gasteiger charge is 2.09. The van der Waals surface area contributed by atoms with Crippen LogP contribution < -0.4 is 11.1 Å². The summed E-state index contributed by atoms with van der Waals surface area (Å²) in [6.07, 6.45) is 2.40. The van der Waals surface area contributed by atoms with E-state index in [0.29, 0.717) is 12.3 Å². The highest BCUT2D eigenvalue weighted by Crippen LogP contribution is 2.06. The van der Waals surface area contributed by atoms with Gasteiger partial charge in [-0.15, -0.1) is 0 Å². The molecule has 2 atom stereocenters. The molecule has 0 saturated heterocycles. The molecule has 0 aliphatic carbocycles. The second-order valence-corrected chi connectivity index (χ2v) is 3.89. The lowest BCUT2D eigenvalue weighted by Crippen LogP contribution is -2.34. The second kappa shape index (κ2) is 8.49. The zero-order valence-electron chi connectivity index (χ0n) is 9.61. The van der Waals surface area contributed by atoms with Crippen LogP contribution in [-0.2, 0) is 0 Å². The highest BCUT2D eigenvalue weighted by molar-refractivity contribution is 5.80. The summed E-state index contributed by atoms with van der Waals surface area (Å²) in [5.74, 6) is 0.731. The van der Waals surface area contributed by atoms with Crippen LogP contribution in [-0.4, -0.2) is 35.3 Å². The molecule has 0 fully saturated rings. The summed E-state index contributed by atoms with van der Waals surface area (Å²) in [6.45, 7) is 5.19. The maximum absolute atomic E-state index is 8.82. The summed E-state index contributed by atoms with van der Waals surface area (Å²) in [7, 11) is 0. The molecule has 5 heteroatoms. The van der Waals surface area contributed by atoms with Gasteiger partial charge in [0.25, 0.3) is 0 Å². The molecule has 0 aromatic carbocycles. The topological polar surface area (TPSA) is 90.9 Å². The number of nitrogens with zero attached hydrogens (tertiary/aromatic N) is 1. The Morgan fingerprint density at radius 1 is 1.53 bits per heavy atom. The van der Waals surface area contributed by atoms with E-state index in [0.717, 1.165) is 19.4 Å². The van der Waals surface area contributed by atoms with Gasteiger partial charge in [0.05, 0.1) is 0 Å².